The fraction of sp³-hybridized carbons (Fsp3) is 0. The zero-order valence-electron chi connectivity index (χ0n) is 29.8. The molecule has 0 unspecified atom stereocenters. The molecule has 0 heterocycles. The number of rotatable bonds is 1. The summed E-state index contributed by atoms with van der Waals surface area (Å²) in [6, 6.07) is 80.2. The Labute approximate surface area is 317 Å². The first-order chi connectivity index (χ1) is 26.7. The molecule has 11 aliphatic rings. The van der Waals surface area contributed by atoms with Gasteiger partial charge in [-0.05, 0) is 118 Å². The Balaban J connectivity index is 1.07. The maximum absolute atomic E-state index is 2.33. The van der Waals surface area contributed by atoms with Crippen LogP contribution in [0.25, 0.3) is 100 Å². The third-order valence-electron chi connectivity index (χ3n) is 10.9. The molecule has 0 aliphatic heterocycles. The van der Waals surface area contributed by atoms with E-state index >= 15 is 0 Å². The summed E-state index contributed by atoms with van der Waals surface area (Å²) in [7, 11) is 0. The first-order valence-corrected chi connectivity index (χ1v) is 18.6. The van der Waals surface area contributed by atoms with E-state index in [4.69, 9.17) is 0 Å². The maximum Gasteiger partial charge on any atom is -0.0172 e. The lowest BCUT2D eigenvalue weighted by molar-refractivity contribution is 1.55. The van der Waals surface area contributed by atoms with Crippen LogP contribution in [0.4, 0.5) is 0 Å². The lowest BCUT2D eigenvalue weighted by Gasteiger charge is -2.13. The Morgan fingerprint density at radius 2 is 0.241 bits per heavy atom. The van der Waals surface area contributed by atoms with Gasteiger partial charge in [-0.1, -0.05) is 200 Å². The van der Waals surface area contributed by atoms with Gasteiger partial charge in [-0.3, -0.25) is 0 Å². The van der Waals surface area contributed by atoms with Crippen molar-refractivity contribution in [2.75, 3.05) is 0 Å². The quantitative estimate of drug-likeness (QED) is 0.161. The molecule has 54 heavy (non-hydrogen) atoms. The van der Waals surface area contributed by atoms with Crippen molar-refractivity contribution >= 4 is 0 Å². The molecule has 0 saturated heterocycles. The van der Waals surface area contributed by atoms with Gasteiger partial charge < -0.3 is 0 Å². The van der Waals surface area contributed by atoms with E-state index in [-0.39, 0.29) is 0 Å². The Hall–Kier alpha value is -7.02. The predicted octanol–water partition coefficient (Wildman–Crippen LogP) is 15.0. The van der Waals surface area contributed by atoms with E-state index < -0.39 is 0 Å². The summed E-state index contributed by atoms with van der Waals surface area (Å²) < 4.78 is 0. The van der Waals surface area contributed by atoms with Crippen LogP contribution in [0.2, 0.25) is 0 Å². The Kier molecular flexibility index (Phi) is 7.93. The predicted molar refractivity (Wildman–Crippen MR) is 229 cm³/mol. The minimum Gasteiger partial charge on any atom is -0.0622 e. The zero-order valence-corrected chi connectivity index (χ0v) is 29.8. The van der Waals surface area contributed by atoms with E-state index in [9.17, 15) is 0 Å². The fourth-order valence-electron chi connectivity index (χ4n) is 7.74. The second kappa shape index (κ2) is 13.5. The lowest BCUT2D eigenvalue weighted by atomic mass is 9.92. The highest BCUT2D eigenvalue weighted by Crippen LogP contribution is 2.36. The van der Waals surface area contributed by atoms with Gasteiger partial charge in [0.1, 0.15) is 0 Å². The van der Waals surface area contributed by atoms with E-state index in [0.717, 1.165) is 0 Å². The molecular formula is C54H36. The van der Waals surface area contributed by atoms with Crippen LogP contribution in [0.1, 0.15) is 0 Å². The molecule has 252 valence electrons. The Morgan fingerprint density at radius 3 is 0.407 bits per heavy atom. The van der Waals surface area contributed by atoms with Crippen LogP contribution in [-0.4, -0.2) is 0 Å². The Bertz CT molecular complexity index is 2530. The molecule has 0 nitrogen and oxygen atoms in total. The smallest absolute Gasteiger partial charge is 0.0172 e. The standard InChI is InChI=1S/C54H36/c1-2-4-37(5-3-1)52-34-53-36-54(35-52)51-32-28-49(29-33-51)47-24-20-45(21-25-47)43-16-12-41(13-17-43)39-7-6-38(8-9-39)40-10-14-42(15-11-40)44-18-22-46(23-19-44)48-26-30-50(53)31-27-48/h1-36H. The monoisotopic (exact) mass is 684 g/mol. The summed E-state index contributed by atoms with van der Waals surface area (Å²) in [4.78, 5) is 0. The summed E-state index contributed by atoms with van der Waals surface area (Å²) >= 11 is 0. The highest BCUT2D eigenvalue weighted by atomic mass is 14.1. The van der Waals surface area contributed by atoms with Gasteiger partial charge in [-0.25, -0.2) is 0 Å². The molecule has 11 aliphatic carbocycles. The van der Waals surface area contributed by atoms with Gasteiger partial charge in [0.05, 0.1) is 0 Å². The lowest BCUT2D eigenvalue weighted by Crippen LogP contribution is -1.87. The number of fused-ring (bicyclic) bond motifs is 1. The molecule has 9 aromatic carbocycles. The van der Waals surface area contributed by atoms with E-state index in [1.54, 1.807) is 0 Å². The van der Waals surface area contributed by atoms with Crippen molar-refractivity contribution in [2.24, 2.45) is 0 Å². The van der Waals surface area contributed by atoms with Gasteiger partial charge in [-0.2, -0.15) is 0 Å². The van der Waals surface area contributed by atoms with Gasteiger partial charge >= 0.3 is 0 Å². The number of benzene rings is 9. The topological polar surface area (TPSA) is 0 Å². The molecule has 0 spiro atoms. The van der Waals surface area contributed by atoms with Crippen LogP contribution < -0.4 is 0 Å². The molecular weight excluding hydrogens is 649 g/mol. The average molecular weight is 685 g/mol. The van der Waals surface area contributed by atoms with Gasteiger partial charge in [0, 0.05) is 0 Å². The summed E-state index contributed by atoms with van der Waals surface area (Å²) in [6.45, 7) is 0. The minimum atomic E-state index is 1.20. The van der Waals surface area contributed by atoms with Crippen LogP contribution in [-0.2, 0) is 0 Å². The molecule has 20 rings (SSSR count). The molecule has 0 N–H and O–H groups in total. The van der Waals surface area contributed by atoms with Crippen molar-refractivity contribution < 1.29 is 0 Å². The highest BCUT2D eigenvalue weighted by Gasteiger charge is 2.10. The molecule has 0 amide bonds. The SMILES string of the molecule is c1ccc(-c2cc3cc(c2)-c2ccc(cc2)-c2ccc(cc2)-c2ccc(cc2)-c2ccc(cc2)-c2ccc(cc2)-c2ccc(cc2)-c2ccc-3cc2)cc1. The van der Waals surface area contributed by atoms with Gasteiger partial charge in [-0.15, -0.1) is 0 Å². The summed E-state index contributed by atoms with van der Waals surface area (Å²) in [5, 5.41) is 0. The van der Waals surface area contributed by atoms with Gasteiger partial charge in [0.25, 0.3) is 0 Å². The molecule has 16 bridgehead atoms. The second-order valence-electron chi connectivity index (χ2n) is 14.2. The van der Waals surface area contributed by atoms with E-state index in [1.807, 2.05) is 0 Å². The molecule has 9 aromatic rings. The summed E-state index contributed by atoms with van der Waals surface area (Å²) in [5.41, 5.74) is 21.8. The molecule has 0 saturated carbocycles. The van der Waals surface area contributed by atoms with Crippen molar-refractivity contribution in [2.45, 2.75) is 0 Å². The van der Waals surface area contributed by atoms with Crippen molar-refractivity contribution in [1.29, 1.82) is 0 Å². The van der Waals surface area contributed by atoms with Gasteiger partial charge in [0.15, 0.2) is 0 Å². The summed E-state index contributed by atoms with van der Waals surface area (Å²) in [5.74, 6) is 0. The highest BCUT2D eigenvalue weighted by molar-refractivity contribution is 5.84. The molecule has 0 aromatic heterocycles. The molecule has 0 atom stereocenters. The third-order valence-corrected chi connectivity index (χ3v) is 10.9. The average Bonchev–Trinajstić information content (AvgIpc) is 3.27. The second-order valence-corrected chi connectivity index (χ2v) is 14.2. The van der Waals surface area contributed by atoms with Crippen LogP contribution in [0.15, 0.2) is 218 Å². The third kappa shape index (κ3) is 6.15. The van der Waals surface area contributed by atoms with Crippen molar-refractivity contribution in [1.82, 2.24) is 0 Å². The number of hydrogen-bond acceptors (Lipinski definition) is 0. The maximum atomic E-state index is 2.33. The molecule has 0 fully saturated rings. The largest absolute Gasteiger partial charge is 0.0622 e. The summed E-state index contributed by atoms with van der Waals surface area (Å²) in [6.07, 6.45) is 0. The fourth-order valence-corrected chi connectivity index (χ4v) is 7.74. The van der Waals surface area contributed by atoms with E-state index in [1.165, 1.54) is 100 Å². The van der Waals surface area contributed by atoms with Crippen molar-refractivity contribution in [3.8, 4) is 100 Å². The molecule has 0 heteroatoms. The van der Waals surface area contributed by atoms with E-state index in [2.05, 4.69) is 218 Å². The normalized spacial score (nSPS) is 11.3. The first kappa shape index (κ1) is 31.7. The first-order valence-electron chi connectivity index (χ1n) is 18.6. The van der Waals surface area contributed by atoms with Gasteiger partial charge in [0.2, 0.25) is 0 Å². The van der Waals surface area contributed by atoms with Crippen molar-refractivity contribution in [3.05, 3.63) is 218 Å². The van der Waals surface area contributed by atoms with Crippen LogP contribution >= 0.6 is 0 Å². The Morgan fingerprint density at radius 1 is 0.111 bits per heavy atom. The van der Waals surface area contributed by atoms with Crippen LogP contribution in [0.3, 0.4) is 0 Å². The van der Waals surface area contributed by atoms with E-state index in [0.29, 0.717) is 0 Å². The minimum absolute atomic E-state index is 1.20. The van der Waals surface area contributed by atoms with Crippen LogP contribution in [0, 0.1) is 0 Å². The van der Waals surface area contributed by atoms with Crippen LogP contribution in [0.5, 0.6) is 0 Å². The molecule has 0 radical (unpaired) electrons. The van der Waals surface area contributed by atoms with Crippen molar-refractivity contribution in [3.63, 3.8) is 0 Å². The number of hydrogen-bond donors (Lipinski definition) is 0. The zero-order chi connectivity index (χ0) is 35.8.